The Labute approximate surface area is 169 Å². The number of hydrogen-bond donors (Lipinski definition) is 3. The zero-order chi connectivity index (χ0) is 20.1. The van der Waals surface area contributed by atoms with Crippen LogP contribution < -0.4 is 15.5 Å². The maximum atomic E-state index is 12.6. The molecule has 1 saturated heterocycles. The highest BCUT2D eigenvalue weighted by molar-refractivity contribution is 5.87. The van der Waals surface area contributed by atoms with Gasteiger partial charge in [0.25, 0.3) is 0 Å². The molecule has 1 amide bonds. The van der Waals surface area contributed by atoms with Crippen LogP contribution in [0.2, 0.25) is 0 Å². The summed E-state index contributed by atoms with van der Waals surface area (Å²) in [7, 11) is 0. The third-order valence-electron chi connectivity index (χ3n) is 4.90. The van der Waals surface area contributed by atoms with Crippen LogP contribution >= 0.6 is 0 Å². The van der Waals surface area contributed by atoms with Crippen molar-refractivity contribution in [3.63, 3.8) is 0 Å². The van der Waals surface area contributed by atoms with E-state index in [9.17, 15) is 9.90 Å². The third-order valence-corrected chi connectivity index (χ3v) is 4.90. The van der Waals surface area contributed by atoms with E-state index in [1.54, 1.807) is 18.3 Å². The fraction of sp³-hybridized carbons (Fsp3) is 0.227. The van der Waals surface area contributed by atoms with Crippen LogP contribution in [-0.4, -0.2) is 40.6 Å². The Bertz CT molecular complexity index is 962. The molecule has 0 aliphatic carbocycles. The Morgan fingerprint density at radius 1 is 1.10 bits per heavy atom. The fourth-order valence-electron chi connectivity index (χ4n) is 3.46. The van der Waals surface area contributed by atoms with Gasteiger partial charge in [-0.15, -0.1) is 0 Å². The molecule has 0 bridgehead atoms. The molecule has 148 valence electrons. The van der Waals surface area contributed by atoms with Crippen LogP contribution in [-0.2, 0) is 11.2 Å². The van der Waals surface area contributed by atoms with Crippen LogP contribution in [0.3, 0.4) is 0 Å². The predicted octanol–water partition coefficient (Wildman–Crippen LogP) is 2.51. The highest BCUT2D eigenvalue weighted by Crippen LogP contribution is 2.28. The molecule has 2 aromatic carbocycles. The summed E-state index contributed by atoms with van der Waals surface area (Å²) in [5.41, 5.74) is 2.05. The van der Waals surface area contributed by atoms with E-state index in [0.29, 0.717) is 25.6 Å². The number of nitrogens with one attached hydrogen (secondary N) is 2. The van der Waals surface area contributed by atoms with E-state index in [4.69, 9.17) is 0 Å². The first-order valence-corrected chi connectivity index (χ1v) is 9.65. The zero-order valence-corrected chi connectivity index (χ0v) is 16.0. The third kappa shape index (κ3) is 4.45. The maximum Gasteiger partial charge on any atom is 0.247 e. The molecule has 3 N–H and O–H groups in total. The number of nitrogens with zero attached hydrogens (tertiary/aromatic N) is 3. The predicted molar refractivity (Wildman–Crippen MR) is 112 cm³/mol. The van der Waals surface area contributed by atoms with Crippen LogP contribution in [0, 0.1) is 0 Å². The molecule has 1 aromatic heterocycles. The second-order valence-electron chi connectivity index (χ2n) is 6.88. The summed E-state index contributed by atoms with van der Waals surface area (Å²) in [4.78, 5) is 23.5. The topological polar surface area (TPSA) is 90.4 Å². The summed E-state index contributed by atoms with van der Waals surface area (Å²) < 4.78 is 0. The lowest BCUT2D eigenvalue weighted by Gasteiger charge is -2.36. The Morgan fingerprint density at radius 2 is 1.90 bits per heavy atom. The summed E-state index contributed by atoms with van der Waals surface area (Å²) in [6.45, 7) is 1.92. The Balaban J connectivity index is 1.48. The van der Waals surface area contributed by atoms with Gasteiger partial charge in [0.15, 0.2) is 0 Å². The van der Waals surface area contributed by atoms with Crippen LogP contribution in [0.4, 0.5) is 11.8 Å². The standard InChI is InChI=1S/C22H23N5O2/c28-18-8-6-16(7-9-18)10-12-24-22-25-13-11-19(26-22)27-15-14-23-21(29)20(27)17-4-2-1-3-5-17/h1-9,11,13,20,28H,10,12,14-15H2,(H,23,29)(H,24,25,26). The average molecular weight is 389 g/mol. The minimum absolute atomic E-state index is 0.0251. The molecule has 1 aliphatic rings. The number of phenolic OH excluding ortho intramolecular Hbond substituents is 1. The van der Waals surface area contributed by atoms with Crippen LogP contribution in [0.25, 0.3) is 0 Å². The van der Waals surface area contributed by atoms with Crippen LogP contribution in [0.1, 0.15) is 17.2 Å². The molecule has 0 spiro atoms. The van der Waals surface area contributed by atoms with Crippen molar-refractivity contribution >= 4 is 17.7 Å². The number of aromatic nitrogens is 2. The molecule has 7 heteroatoms. The molecule has 0 saturated carbocycles. The van der Waals surface area contributed by atoms with Gasteiger partial charge in [0, 0.05) is 25.8 Å². The molecular formula is C22H23N5O2. The van der Waals surface area contributed by atoms with Gasteiger partial charge in [-0.1, -0.05) is 42.5 Å². The molecule has 1 atom stereocenters. The van der Waals surface area contributed by atoms with Gasteiger partial charge in [0.05, 0.1) is 0 Å². The number of hydrogen-bond acceptors (Lipinski definition) is 6. The molecule has 2 heterocycles. The summed E-state index contributed by atoms with van der Waals surface area (Å²) >= 11 is 0. The van der Waals surface area contributed by atoms with Crippen LogP contribution in [0.15, 0.2) is 66.9 Å². The van der Waals surface area contributed by atoms with Gasteiger partial charge in [0.1, 0.15) is 17.6 Å². The Morgan fingerprint density at radius 3 is 2.69 bits per heavy atom. The van der Waals surface area contributed by atoms with E-state index in [1.807, 2.05) is 53.4 Å². The number of phenols is 1. The number of benzene rings is 2. The second-order valence-corrected chi connectivity index (χ2v) is 6.88. The van der Waals surface area contributed by atoms with Crippen molar-refractivity contribution in [2.75, 3.05) is 29.9 Å². The summed E-state index contributed by atoms with van der Waals surface area (Å²) in [6, 6.07) is 18.3. The second kappa shape index (κ2) is 8.60. The summed E-state index contributed by atoms with van der Waals surface area (Å²) in [5.74, 6) is 1.48. The number of amides is 1. The molecular weight excluding hydrogens is 366 g/mol. The molecule has 3 aromatic rings. The van der Waals surface area contributed by atoms with Crippen LogP contribution in [0.5, 0.6) is 5.75 Å². The lowest BCUT2D eigenvalue weighted by Crippen LogP contribution is -2.50. The van der Waals surface area contributed by atoms with Crippen molar-refractivity contribution in [1.82, 2.24) is 15.3 Å². The molecule has 1 fully saturated rings. The van der Waals surface area contributed by atoms with E-state index in [0.717, 1.165) is 23.4 Å². The van der Waals surface area contributed by atoms with Gasteiger partial charge in [0.2, 0.25) is 11.9 Å². The molecule has 4 rings (SSSR count). The highest BCUT2D eigenvalue weighted by Gasteiger charge is 2.32. The first-order valence-electron chi connectivity index (χ1n) is 9.65. The largest absolute Gasteiger partial charge is 0.508 e. The van der Waals surface area contributed by atoms with E-state index >= 15 is 0 Å². The number of rotatable bonds is 6. The van der Waals surface area contributed by atoms with E-state index in [1.165, 1.54) is 0 Å². The fourth-order valence-corrected chi connectivity index (χ4v) is 3.46. The molecule has 0 radical (unpaired) electrons. The number of carbonyl (C=O) groups is 1. The Kier molecular flexibility index (Phi) is 5.56. The van der Waals surface area contributed by atoms with Crippen molar-refractivity contribution in [2.24, 2.45) is 0 Å². The minimum atomic E-state index is -0.412. The zero-order valence-electron chi connectivity index (χ0n) is 16.0. The summed E-state index contributed by atoms with van der Waals surface area (Å²) in [5, 5.41) is 15.6. The summed E-state index contributed by atoms with van der Waals surface area (Å²) in [6.07, 6.45) is 2.49. The van der Waals surface area contributed by atoms with Crippen molar-refractivity contribution in [3.8, 4) is 5.75 Å². The SMILES string of the molecule is O=C1NCCN(c2ccnc(NCCc3ccc(O)cc3)n2)C1c1ccccc1. The van der Waals surface area contributed by atoms with Crippen molar-refractivity contribution in [2.45, 2.75) is 12.5 Å². The Hall–Kier alpha value is -3.61. The molecule has 29 heavy (non-hydrogen) atoms. The maximum absolute atomic E-state index is 12.6. The smallest absolute Gasteiger partial charge is 0.247 e. The number of anilines is 2. The molecule has 7 nitrogen and oxygen atoms in total. The van der Waals surface area contributed by atoms with Gasteiger partial charge in [-0.2, -0.15) is 4.98 Å². The molecule has 1 unspecified atom stereocenters. The van der Waals surface area contributed by atoms with Crippen molar-refractivity contribution in [3.05, 3.63) is 78.0 Å². The van der Waals surface area contributed by atoms with Gasteiger partial charge in [-0.25, -0.2) is 4.98 Å². The van der Waals surface area contributed by atoms with E-state index < -0.39 is 6.04 Å². The number of aromatic hydroxyl groups is 1. The monoisotopic (exact) mass is 389 g/mol. The van der Waals surface area contributed by atoms with Crippen molar-refractivity contribution in [1.29, 1.82) is 0 Å². The number of carbonyl (C=O) groups excluding carboxylic acids is 1. The van der Waals surface area contributed by atoms with E-state index in [2.05, 4.69) is 20.6 Å². The lowest BCUT2D eigenvalue weighted by atomic mass is 10.0. The molecule has 1 aliphatic heterocycles. The average Bonchev–Trinajstić information content (AvgIpc) is 2.76. The van der Waals surface area contributed by atoms with E-state index in [-0.39, 0.29) is 11.7 Å². The number of piperazine rings is 1. The van der Waals surface area contributed by atoms with Gasteiger partial charge in [-0.05, 0) is 35.7 Å². The highest BCUT2D eigenvalue weighted by atomic mass is 16.3. The van der Waals surface area contributed by atoms with Crippen molar-refractivity contribution < 1.29 is 9.90 Å². The minimum Gasteiger partial charge on any atom is -0.508 e. The first-order chi connectivity index (χ1) is 14.2. The normalized spacial score (nSPS) is 16.3. The quantitative estimate of drug-likeness (QED) is 0.600. The van der Waals surface area contributed by atoms with Gasteiger partial charge >= 0.3 is 0 Å². The van der Waals surface area contributed by atoms with Gasteiger partial charge in [-0.3, -0.25) is 4.79 Å². The van der Waals surface area contributed by atoms with Gasteiger partial charge < -0.3 is 20.6 Å². The first kappa shape index (κ1) is 18.7. The lowest BCUT2D eigenvalue weighted by molar-refractivity contribution is -0.123.